The molecule has 0 aromatic carbocycles. The van der Waals surface area contributed by atoms with E-state index in [-0.39, 0.29) is 12.5 Å². The number of hydrogen-bond donors (Lipinski definition) is 1. The zero-order valence-electron chi connectivity index (χ0n) is 10.5. The fourth-order valence-corrected chi connectivity index (χ4v) is 2.21. The molecule has 1 amide bonds. The maximum absolute atomic E-state index is 11.8. The van der Waals surface area contributed by atoms with Gasteiger partial charge in [-0.2, -0.15) is 0 Å². The molecule has 0 aromatic heterocycles. The van der Waals surface area contributed by atoms with E-state index in [0.29, 0.717) is 25.5 Å². The number of aliphatic carboxylic acids is 1. The number of carboxylic acids is 1. The van der Waals surface area contributed by atoms with E-state index >= 15 is 0 Å². The lowest BCUT2D eigenvalue weighted by atomic mass is 9.89. The number of likely N-dealkylation sites (tertiary alicyclic amines) is 1. The van der Waals surface area contributed by atoms with Crippen LogP contribution in [0.4, 0.5) is 0 Å². The number of carbonyl (C=O) groups is 2. The monoisotopic (exact) mass is 243 g/mol. The molecular weight excluding hydrogens is 222 g/mol. The van der Waals surface area contributed by atoms with E-state index in [1.807, 2.05) is 6.92 Å². The number of piperidine rings is 1. The molecule has 1 aliphatic heterocycles. The second kappa shape index (κ2) is 6.59. The average molecular weight is 243 g/mol. The van der Waals surface area contributed by atoms with Crippen molar-refractivity contribution < 1.29 is 19.4 Å². The molecule has 0 spiro atoms. The lowest BCUT2D eigenvalue weighted by Crippen LogP contribution is -2.51. The predicted molar refractivity (Wildman–Crippen MR) is 62.6 cm³/mol. The second-order valence-corrected chi connectivity index (χ2v) is 4.38. The number of hydrogen-bond acceptors (Lipinski definition) is 3. The highest BCUT2D eigenvalue weighted by Gasteiger charge is 2.35. The molecule has 0 radical (unpaired) electrons. The van der Waals surface area contributed by atoms with Gasteiger partial charge in [0.15, 0.2) is 0 Å². The molecule has 1 N–H and O–H groups in total. The van der Waals surface area contributed by atoms with Crippen LogP contribution >= 0.6 is 0 Å². The minimum Gasteiger partial charge on any atom is -0.480 e. The summed E-state index contributed by atoms with van der Waals surface area (Å²) < 4.78 is 5.05. The Hall–Kier alpha value is -1.10. The van der Waals surface area contributed by atoms with Crippen LogP contribution in [0.5, 0.6) is 0 Å². The fraction of sp³-hybridized carbons (Fsp3) is 0.833. The molecule has 1 heterocycles. The van der Waals surface area contributed by atoms with Crippen molar-refractivity contribution in [1.29, 1.82) is 0 Å². The highest BCUT2D eigenvalue weighted by Crippen LogP contribution is 2.25. The summed E-state index contributed by atoms with van der Waals surface area (Å²) in [6.07, 6.45) is 2.42. The summed E-state index contributed by atoms with van der Waals surface area (Å²) in [7, 11) is 0. The Morgan fingerprint density at radius 3 is 2.65 bits per heavy atom. The SMILES string of the molecule is CCOCC(=O)N1CCC(CC)CC1C(=O)O. The molecule has 2 unspecified atom stereocenters. The van der Waals surface area contributed by atoms with E-state index < -0.39 is 12.0 Å². The first-order valence-electron chi connectivity index (χ1n) is 6.20. The Morgan fingerprint density at radius 2 is 2.12 bits per heavy atom. The number of carbonyl (C=O) groups excluding carboxylic acids is 1. The lowest BCUT2D eigenvalue weighted by molar-refractivity contribution is -0.155. The fourth-order valence-electron chi connectivity index (χ4n) is 2.21. The van der Waals surface area contributed by atoms with Gasteiger partial charge in [0, 0.05) is 13.2 Å². The number of nitrogens with zero attached hydrogens (tertiary/aromatic N) is 1. The first kappa shape index (κ1) is 14.0. The zero-order valence-corrected chi connectivity index (χ0v) is 10.5. The third-order valence-electron chi connectivity index (χ3n) is 3.32. The maximum Gasteiger partial charge on any atom is 0.326 e. The number of carboxylic acid groups (broad SMARTS) is 1. The number of amides is 1. The van der Waals surface area contributed by atoms with Gasteiger partial charge in [-0.3, -0.25) is 4.79 Å². The summed E-state index contributed by atoms with van der Waals surface area (Å²) in [4.78, 5) is 24.4. The van der Waals surface area contributed by atoms with Crippen molar-refractivity contribution in [2.75, 3.05) is 19.8 Å². The van der Waals surface area contributed by atoms with Crippen LogP contribution in [0.25, 0.3) is 0 Å². The smallest absolute Gasteiger partial charge is 0.326 e. The van der Waals surface area contributed by atoms with Gasteiger partial charge in [-0.05, 0) is 25.7 Å². The molecule has 0 bridgehead atoms. The maximum atomic E-state index is 11.8. The quantitative estimate of drug-likeness (QED) is 0.786. The van der Waals surface area contributed by atoms with Crippen LogP contribution in [0.1, 0.15) is 33.1 Å². The van der Waals surface area contributed by atoms with E-state index in [1.54, 1.807) is 0 Å². The Morgan fingerprint density at radius 1 is 1.41 bits per heavy atom. The van der Waals surface area contributed by atoms with Gasteiger partial charge in [-0.15, -0.1) is 0 Å². The average Bonchev–Trinajstić information content (AvgIpc) is 2.35. The second-order valence-electron chi connectivity index (χ2n) is 4.38. The van der Waals surface area contributed by atoms with Gasteiger partial charge in [-0.1, -0.05) is 13.3 Å². The Labute approximate surface area is 102 Å². The molecule has 98 valence electrons. The summed E-state index contributed by atoms with van der Waals surface area (Å²) in [6.45, 7) is 4.85. The predicted octanol–water partition coefficient (Wildman–Crippen LogP) is 1.12. The van der Waals surface area contributed by atoms with Gasteiger partial charge in [0.1, 0.15) is 12.6 Å². The molecule has 0 saturated carbocycles. The first-order chi connectivity index (χ1) is 8.10. The Kier molecular flexibility index (Phi) is 5.41. The van der Waals surface area contributed by atoms with Crippen molar-refractivity contribution in [3.63, 3.8) is 0 Å². The van der Waals surface area contributed by atoms with Crippen LogP contribution in [-0.4, -0.2) is 47.7 Å². The van der Waals surface area contributed by atoms with Crippen LogP contribution in [0.3, 0.4) is 0 Å². The largest absolute Gasteiger partial charge is 0.480 e. The van der Waals surface area contributed by atoms with Crippen LogP contribution in [0, 0.1) is 5.92 Å². The van der Waals surface area contributed by atoms with E-state index in [2.05, 4.69) is 6.92 Å². The zero-order chi connectivity index (χ0) is 12.8. The molecule has 2 atom stereocenters. The normalized spacial score (nSPS) is 24.7. The van der Waals surface area contributed by atoms with E-state index in [9.17, 15) is 9.59 Å². The summed E-state index contributed by atoms with van der Waals surface area (Å²) in [6, 6.07) is -0.679. The summed E-state index contributed by atoms with van der Waals surface area (Å²) in [5, 5.41) is 9.16. The number of rotatable bonds is 5. The van der Waals surface area contributed by atoms with Crippen LogP contribution in [0.15, 0.2) is 0 Å². The molecule has 0 aromatic rings. The summed E-state index contributed by atoms with van der Waals surface area (Å²) in [5.74, 6) is -0.714. The van der Waals surface area contributed by atoms with E-state index in [4.69, 9.17) is 9.84 Å². The minimum atomic E-state index is -0.909. The molecule has 0 aliphatic carbocycles. The molecule has 17 heavy (non-hydrogen) atoms. The van der Waals surface area contributed by atoms with Gasteiger partial charge in [0.2, 0.25) is 5.91 Å². The van der Waals surface area contributed by atoms with Gasteiger partial charge >= 0.3 is 5.97 Å². The third-order valence-corrected chi connectivity index (χ3v) is 3.32. The minimum absolute atomic E-state index is 0.0168. The summed E-state index contributed by atoms with van der Waals surface area (Å²) in [5.41, 5.74) is 0. The van der Waals surface area contributed by atoms with Gasteiger partial charge < -0.3 is 14.7 Å². The molecule has 1 fully saturated rings. The topological polar surface area (TPSA) is 66.8 Å². The van der Waals surface area contributed by atoms with Crippen molar-refractivity contribution >= 4 is 11.9 Å². The highest BCUT2D eigenvalue weighted by atomic mass is 16.5. The van der Waals surface area contributed by atoms with Crippen molar-refractivity contribution in [1.82, 2.24) is 4.90 Å². The van der Waals surface area contributed by atoms with Gasteiger partial charge in [-0.25, -0.2) is 4.79 Å². The Balaban J connectivity index is 2.63. The van der Waals surface area contributed by atoms with Crippen molar-refractivity contribution in [3.8, 4) is 0 Å². The molecular formula is C12H21NO4. The van der Waals surface area contributed by atoms with Crippen molar-refractivity contribution in [2.24, 2.45) is 5.92 Å². The Bertz CT molecular complexity index is 280. The van der Waals surface area contributed by atoms with E-state index in [1.165, 1.54) is 4.90 Å². The van der Waals surface area contributed by atoms with Crippen LogP contribution < -0.4 is 0 Å². The van der Waals surface area contributed by atoms with E-state index in [0.717, 1.165) is 12.8 Å². The standard InChI is InChI=1S/C12H21NO4/c1-3-9-5-6-13(10(7-9)12(15)16)11(14)8-17-4-2/h9-10H,3-8H2,1-2H3,(H,15,16). The summed E-state index contributed by atoms with van der Waals surface area (Å²) >= 11 is 0. The highest BCUT2D eigenvalue weighted by molar-refractivity contribution is 5.84. The molecule has 1 rings (SSSR count). The number of ether oxygens (including phenoxy) is 1. The molecule has 1 aliphatic rings. The molecule has 1 saturated heterocycles. The van der Waals surface area contributed by atoms with Gasteiger partial charge in [0.25, 0.3) is 0 Å². The lowest BCUT2D eigenvalue weighted by Gasteiger charge is -2.36. The van der Waals surface area contributed by atoms with Gasteiger partial charge in [0.05, 0.1) is 0 Å². The molecule has 5 nitrogen and oxygen atoms in total. The van der Waals surface area contributed by atoms with Crippen molar-refractivity contribution in [3.05, 3.63) is 0 Å². The first-order valence-corrected chi connectivity index (χ1v) is 6.20. The third kappa shape index (κ3) is 3.70. The van der Waals surface area contributed by atoms with Crippen LogP contribution in [0.2, 0.25) is 0 Å². The van der Waals surface area contributed by atoms with Crippen LogP contribution in [-0.2, 0) is 14.3 Å². The van der Waals surface area contributed by atoms with Crippen molar-refractivity contribution in [2.45, 2.75) is 39.2 Å². The molecule has 5 heteroatoms.